The Labute approximate surface area is 155 Å². The fourth-order valence-corrected chi connectivity index (χ4v) is 2.42. The van der Waals surface area contributed by atoms with Gasteiger partial charge in [0.1, 0.15) is 24.4 Å². The third-order valence-electron chi connectivity index (χ3n) is 3.61. The maximum atomic E-state index is 14.0. The topological polar surface area (TPSA) is 57.0 Å². The summed E-state index contributed by atoms with van der Waals surface area (Å²) >= 11 is 0. The van der Waals surface area contributed by atoms with Gasteiger partial charge in [0.05, 0.1) is 5.56 Å². The van der Waals surface area contributed by atoms with Crippen molar-refractivity contribution < 1.29 is 31.5 Å². The lowest BCUT2D eigenvalue weighted by atomic mass is 10.1. The van der Waals surface area contributed by atoms with Crippen LogP contribution in [0.15, 0.2) is 48.7 Å². The van der Waals surface area contributed by atoms with Crippen LogP contribution in [0.2, 0.25) is 0 Å². The Morgan fingerprint density at radius 1 is 1.07 bits per heavy atom. The first-order valence-corrected chi connectivity index (χ1v) is 7.90. The van der Waals surface area contributed by atoms with Crippen LogP contribution < -0.4 is 0 Å². The number of halogens is 5. The van der Waals surface area contributed by atoms with E-state index in [2.05, 4.69) is 10.1 Å². The molecule has 0 unspecified atom stereocenters. The van der Waals surface area contributed by atoms with Crippen LogP contribution in [-0.2, 0) is 17.9 Å². The Bertz CT molecular complexity index is 987. The number of carbonyl (C=O) groups excluding carboxylic acids is 1. The summed E-state index contributed by atoms with van der Waals surface area (Å²) in [6.45, 7) is -1.64. The summed E-state index contributed by atoms with van der Waals surface area (Å²) in [6.07, 6.45) is -3.81. The van der Waals surface area contributed by atoms with E-state index in [9.17, 15) is 26.7 Å². The van der Waals surface area contributed by atoms with Crippen molar-refractivity contribution in [3.63, 3.8) is 0 Å². The summed E-state index contributed by atoms with van der Waals surface area (Å²) < 4.78 is 70.6. The highest BCUT2D eigenvalue weighted by molar-refractivity contribution is 5.96. The van der Waals surface area contributed by atoms with Crippen LogP contribution in [0.1, 0.15) is 15.9 Å². The second-order valence-electron chi connectivity index (χ2n) is 5.74. The normalized spacial score (nSPS) is 11.5. The van der Waals surface area contributed by atoms with Crippen molar-refractivity contribution in [3.8, 4) is 11.3 Å². The van der Waals surface area contributed by atoms with Crippen molar-refractivity contribution >= 4 is 5.97 Å². The van der Waals surface area contributed by atoms with E-state index in [4.69, 9.17) is 4.74 Å². The lowest BCUT2D eigenvalue weighted by Crippen LogP contribution is -2.18. The summed E-state index contributed by atoms with van der Waals surface area (Å²) in [5.74, 6) is -3.44. The summed E-state index contributed by atoms with van der Waals surface area (Å²) in [4.78, 5) is 15.4. The van der Waals surface area contributed by atoms with E-state index in [1.54, 1.807) is 30.3 Å². The van der Waals surface area contributed by atoms with Gasteiger partial charge in [-0.3, -0.25) is 4.68 Å². The van der Waals surface area contributed by atoms with Gasteiger partial charge >= 0.3 is 12.1 Å². The molecule has 2 heterocycles. The SMILES string of the molecule is O=C(OCc1ccccc1)c1cn(CC(F)(F)F)nc1-c1ccc(F)nc1F. The van der Waals surface area contributed by atoms with Crippen LogP contribution in [0.5, 0.6) is 0 Å². The molecule has 146 valence electrons. The molecule has 0 bridgehead atoms. The first-order chi connectivity index (χ1) is 13.2. The van der Waals surface area contributed by atoms with E-state index in [0.717, 1.165) is 18.3 Å². The molecule has 2 aromatic heterocycles. The number of aromatic nitrogens is 3. The minimum Gasteiger partial charge on any atom is -0.457 e. The molecular formula is C18H12F5N3O2. The first-order valence-electron chi connectivity index (χ1n) is 7.90. The molecule has 10 heteroatoms. The number of esters is 1. The predicted molar refractivity (Wildman–Crippen MR) is 87.0 cm³/mol. The van der Waals surface area contributed by atoms with E-state index in [0.29, 0.717) is 10.2 Å². The van der Waals surface area contributed by atoms with Crippen molar-refractivity contribution in [2.24, 2.45) is 0 Å². The van der Waals surface area contributed by atoms with Gasteiger partial charge in [-0.25, -0.2) is 4.79 Å². The van der Waals surface area contributed by atoms with Gasteiger partial charge in [0.25, 0.3) is 0 Å². The molecule has 0 aliphatic heterocycles. The van der Waals surface area contributed by atoms with Gasteiger partial charge in [-0.15, -0.1) is 0 Å². The van der Waals surface area contributed by atoms with E-state index in [1.165, 1.54) is 0 Å². The van der Waals surface area contributed by atoms with Crippen LogP contribution in [0.3, 0.4) is 0 Å². The molecule has 0 spiro atoms. The zero-order valence-electron chi connectivity index (χ0n) is 14.1. The fraction of sp³-hybridized carbons (Fsp3) is 0.167. The first kappa shape index (κ1) is 19.5. The maximum Gasteiger partial charge on any atom is 0.408 e. The molecule has 28 heavy (non-hydrogen) atoms. The van der Waals surface area contributed by atoms with Crippen molar-refractivity contribution in [2.45, 2.75) is 19.3 Å². The standard InChI is InChI=1S/C18H12F5N3O2/c19-14-7-6-12(16(20)24-14)15-13(8-26(25-15)10-18(21,22)23)17(27)28-9-11-4-2-1-3-5-11/h1-8H,9-10H2. The Morgan fingerprint density at radius 3 is 2.43 bits per heavy atom. The molecule has 0 atom stereocenters. The van der Waals surface area contributed by atoms with Crippen LogP contribution in [0.25, 0.3) is 11.3 Å². The summed E-state index contributed by atoms with van der Waals surface area (Å²) in [5.41, 5.74) is -0.594. The molecule has 0 saturated heterocycles. The molecule has 0 fully saturated rings. The molecule has 0 N–H and O–H groups in total. The molecule has 0 radical (unpaired) electrons. The monoisotopic (exact) mass is 397 g/mol. The number of benzene rings is 1. The van der Waals surface area contributed by atoms with E-state index < -0.39 is 47.4 Å². The molecule has 3 aromatic rings. The minimum absolute atomic E-state index is 0.145. The highest BCUT2D eigenvalue weighted by Crippen LogP contribution is 2.27. The highest BCUT2D eigenvalue weighted by atomic mass is 19.4. The summed E-state index contributed by atoms with van der Waals surface area (Å²) in [7, 11) is 0. The number of carbonyl (C=O) groups is 1. The number of hydrogen-bond acceptors (Lipinski definition) is 4. The second-order valence-corrected chi connectivity index (χ2v) is 5.74. The van der Waals surface area contributed by atoms with Gasteiger partial charge in [0.2, 0.25) is 11.9 Å². The number of ether oxygens (including phenoxy) is 1. The van der Waals surface area contributed by atoms with Crippen molar-refractivity contribution in [1.82, 2.24) is 14.8 Å². The van der Waals surface area contributed by atoms with Gasteiger partial charge in [-0.2, -0.15) is 32.0 Å². The lowest BCUT2D eigenvalue weighted by Gasteiger charge is -2.05. The summed E-state index contributed by atoms with van der Waals surface area (Å²) in [5, 5.41) is 3.63. The van der Waals surface area contributed by atoms with Crippen molar-refractivity contribution in [1.29, 1.82) is 0 Å². The largest absolute Gasteiger partial charge is 0.457 e. The molecule has 0 amide bonds. The van der Waals surface area contributed by atoms with Crippen molar-refractivity contribution in [2.75, 3.05) is 0 Å². The van der Waals surface area contributed by atoms with Crippen molar-refractivity contribution in [3.05, 3.63) is 71.7 Å². The van der Waals surface area contributed by atoms with Crippen LogP contribution in [0, 0.1) is 11.9 Å². The van der Waals surface area contributed by atoms with E-state index >= 15 is 0 Å². The molecule has 0 aliphatic rings. The lowest BCUT2D eigenvalue weighted by molar-refractivity contribution is -0.142. The average molecular weight is 397 g/mol. The van der Waals surface area contributed by atoms with Crippen LogP contribution in [0.4, 0.5) is 22.0 Å². The van der Waals surface area contributed by atoms with Gasteiger partial charge in [0, 0.05) is 6.20 Å². The maximum absolute atomic E-state index is 14.0. The van der Waals surface area contributed by atoms with E-state index in [1.807, 2.05) is 0 Å². The second kappa shape index (κ2) is 7.75. The fourth-order valence-electron chi connectivity index (χ4n) is 2.42. The number of nitrogens with zero attached hydrogens (tertiary/aromatic N) is 3. The molecule has 0 aliphatic carbocycles. The number of rotatable bonds is 5. The minimum atomic E-state index is -4.62. The van der Waals surface area contributed by atoms with Gasteiger partial charge < -0.3 is 4.74 Å². The zero-order chi connectivity index (χ0) is 20.3. The molecule has 1 aromatic carbocycles. The molecule has 5 nitrogen and oxygen atoms in total. The van der Waals surface area contributed by atoms with Crippen LogP contribution in [-0.4, -0.2) is 26.9 Å². The number of hydrogen-bond donors (Lipinski definition) is 0. The number of pyridine rings is 1. The third kappa shape index (κ3) is 4.70. The summed E-state index contributed by atoms with van der Waals surface area (Å²) in [6, 6.07) is 10.3. The number of alkyl halides is 3. The van der Waals surface area contributed by atoms with Crippen LogP contribution >= 0.6 is 0 Å². The quantitative estimate of drug-likeness (QED) is 0.369. The Hall–Kier alpha value is -3.30. The molecule has 0 saturated carbocycles. The molecule has 3 rings (SSSR count). The molecular weight excluding hydrogens is 385 g/mol. The predicted octanol–water partition coefficient (Wildman–Crippen LogP) is 4.14. The van der Waals surface area contributed by atoms with Gasteiger partial charge in [-0.1, -0.05) is 30.3 Å². The van der Waals surface area contributed by atoms with E-state index in [-0.39, 0.29) is 6.61 Å². The Balaban J connectivity index is 1.94. The van der Waals surface area contributed by atoms with Gasteiger partial charge in [0.15, 0.2) is 0 Å². The zero-order valence-corrected chi connectivity index (χ0v) is 14.1. The average Bonchev–Trinajstić information content (AvgIpc) is 3.02. The van der Waals surface area contributed by atoms with Gasteiger partial charge in [-0.05, 0) is 17.7 Å². The smallest absolute Gasteiger partial charge is 0.408 e. The Morgan fingerprint density at radius 2 is 1.79 bits per heavy atom. The third-order valence-corrected chi connectivity index (χ3v) is 3.61. The highest BCUT2D eigenvalue weighted by Gasteiger charge is 2.31. The Kier molecular flexibility index (Phi) is 5.39.